The zero-order chi connectivity index (χ0) is 14.0. The third kappa shape index (κ3) is 2.97. The summed E-state index contributed by atoms with van der Waals surface area (Å²) in [6, 6.07) is 7.77. The monoisotopic (exact) mass is 299 g/mol. The van der Waals surface area contributed by atoms with E-state index in [0.717, 1.165) is 0 Å². The Morgan fingerprint density at radius 3 is 2.42 bits per heavy atom. The summed E-state index contributed by atoms with van der Waals surface area (Å²) in [5.74, 6) is -1.29. The van der Waals surface area contributed by atoms with E-state index in [9.17, 15) is 15.3 Å². The van der Waals surface area contributed by atoms with Crippen LogP contribution in [0.5, 0.6) is 17.2 Å². The summed E-state index contributed by atoms with van der Waals surface area (Å²) in [6.45, 7) is 0.222. The van der Waals surface area contributed by atoms with Crippen molar-refractivity contribution in [3.05, 3.63) is 45.9 Å². The summed E-state index contributed by atoms with van der Waals surface area (Å²) in [4.78, 5) is 0. The molecule has 0 atom stereocenters. The smallest absolute Gasteiger partial charge is 0.200 e. The molecule has 6 heteroatoms. The normalized spacial score (nSPS) is 10.4. The van der Waals surface area contributed by atoms with E-state index in [1.165, 1.54) is 12.1 Å². The number of halogens is 2. The molecule has 2 aromatic rings. The topological polar surface area (TPSA) is 72.7 Å². The molecule has 2 rings (SSSR count). The molecule has 4 N–H and O–H groups in total. The second-order valence-electron chi connectivity index (χ2n) is 3.92. The van der Waals surface area contributed by atoms with Crippen molar-refractivity contribution in [2.75, 3.05) is 5.32 Å². The molecule has 4 nitrogen and oxygen atoms in total. The highest BCUT2D eigenvalue weighted by atomic mass is 35.5. The van der Waals surface area contributed by atoms with Gasteiger partial charge >= 0.3 is 0 Å². The van der Waals surface area contributed by atoms with Crippen molar-refractivity contribution in [3.8, 4) is 17.2 Å². The van der Waals surface area contributed by atoms with Crippen LogP contribution in [0.15, 0.2) is 30.3 Å². The Hall–Kier alpha value is -1.78. The first-order valence-corrected chi connectivity index (χ1v) is 6.16. The van der Waals surface area contributed by atoms with Gasteiger partial charge in [-0.1, -0.05) is 23.2 Å². The first-order chi connectivity index (χ1) is 8.99. The van der Waals surface area contributed by atoms with Crippen LogP contribution in [0.3, 0.4) is 0 Å². The van der Waals surface area contributed by atoms with Crippen molar-refractivity contribution in [3.63, 3.8) is 0 Å². The van der Waals surface area contributed by atoms with Crippen molar-refractivity contribution < 1.29 is 15.3 Å². The van der Waals surface area contributed by atoms with Gasteiger partial charge in [-0.3, -0.25) is 0 Å². The van der Waals surface area contributed by atoms with E-state index in [0.29, 0.717) is 21.3 Å². The van der Waals surface area contributed by atoms with Gasteiger partial charge in [0.1, 0.15) is 0 Å². The molecule has 0 amide bonds. The zero-order valence-corrected chi connectivity index (χ0v) is 11.2. The molecule has 19 heavy (non-hydrogen) atoms. The lowest BCUT2D eigenvalue weighted by molar-refractivity contribution is 0.365. The van der Waals surface area contributed by atoms with Crippen LogP contribution in [0.4, 0.5) is 5.69 Å². The molecule has 2 aromatic carbocycles. The van der Waals surface area contributed by atoms with E-state index in [-0.39, 0.29) is 18.0 Å². The molecule has 0 unspecified atom stereocenters. The van der Waals surface area contributed by atoms with Crippen LogP contribution in [0.25, 0.3) is 0 Å². The van der Waals surface area contributed by atoms with E-state index >= 15 is 0 Å². The van der Waals surface area contributed by atoms with Gasteiger partial charge in [0.25, 0.3) is 0 Å². The van der Waals surface area contributed by atoms with Crippen molar-refractivity contribution in [1.29, 1.82) is 0 Å². The molecular formula is C13H11Cl2NO3. The van der Waals surface area contributed by atoms with Crippen molar-refractivity contribution in [2.45, 2.75) is 6.54 Å². The number of aromatic hydroxyl groups is 3. The van der Waals surface area contributed by atoms with Crippen molar-refractivity contribution in [1.82, 2.24) is 0 Å². The maximum Gasteiger partial charge on any atom is 0.200 e. The van der Waals surface area contributed by atoms with Gasteiger partial charge in [0.15, 0.2) is 11.5 Å². The summed E-state index contributed by atoms with van der Waals surface area (Å²) < 4.78 is 0. The van der Waals surface area contributed by atoms with Crippen LogP contribution in [0.1, 0.15) is 5.56 Å². The number of benzene rings is 2. The lowest BCUT2D eigenvalue weighted by Crippen LogP contribution is -2.00. The van der Waals surface area contributed by atoms with E-state index in [4.69, 9.17) is 23.2 Å². The average Bonchev–Trinajstić information content (AvgIpc) is 2.39. The van der Waals surface area contributed by atoms with Crippen molar-refractivity contribution >= 4 is 28.9 Å². The number of anilines is 1. The fraction of sp³-hybridized carbons (Fsp3) is 0.0769. The van der Waals surface area contributed by atoms with E-state index in [1.807, 2.05) is 0 Å². The first-order valence-electron chi connectivity index (χ1n) is 5.40. The molecule has 0 aliphatic rings. The Balaban J connectivity index is 2.19. The van der Waals surface area contributed by atoms with Crippen LogP contribution >= 0.6 is 23.2 Å². The Morgan fingerprint density at radius 2 is 1.68 bits per heavy atom. The van der Waals surface area contributed by atoms with Gasteiger partial charge in [0.2, 0.25) is 5.75 Å². The van der Waals surface area contributed by atoms with Crippen LogP contribution < -0.4 is 5.32 Å². The molecule has 0 spiro atoms. The fourth-order valence-corrected chi connectivity index (χ4v) is 1.93. The molecule has 0 fully saturated rings. The molecule has 0 aromatic heterocycles. The Bertz CT molecular complexity index is 617. The van der Waals surface area contributed by atoms with Gasteiger partial charge in [-0.25, -0.2) is 0 Å². The molecule has 0 bridgehead atoms. The molecule has 0 saturated carbocycles. The third-order valence-corrected chi connectivity index (χ3v) is 3.18. The van der Waals surface area contributed by atoms with Gasteiger partial charge in [-0.2, -0.15) is 0 Å². The largest absolute Gasteiger partial charge is 0.504 e. The zero-order valence-electron chi connectivity index (χ0n) is 9.69. The maximum atomic E-state index is 9.67. The van der Waals surface area contributed by atoms with Gasteiger partial charge < -0.3 is 20.6 Å². The first kappa shape index (κ1) is 13.6. The number of phenols is 3. The summed E-state index contributed by atoms with van der Waals surface area (Å²) in [7, 11) is 0. The van der Waals surface area contributed by atoms with E-state index in [2.05, 4.69) is 5.32 Å². The number of nitrogens with one attached hydrogen (secondary N) is 1. The minimum absolute atomic E-state index is 0.222. The Labute approximate surface area is 119 Å². The number of phenolic OH excluding ortho intramolecular Hbond substituents is 3. The average molecular weight is 300 g/mol. The maximum absolute atomic E-state index is 9.67. The van der Waals surface area contributed by atoms with Gasteiger partial charge in [0, 0.05) is 17.1 Å². The van der Waals surface area contributed by atoms with Crippen LogP contribution in [0.2, 0.25) is 10.0 Å². The molecule has 0 saturated heterocycles. The van der Waals surface area contributed by atoms with Crippen molar-refractivity contribution in [2.24, 2.45) is 0 Å². The lowest BCUT2D eigenvalue weighted by atomic mass is 10.1. The second kappa shape index (κ2) is 5.47. The minimum atomic E-state index is -0.545. The number of hydrogen-bond donors (Lipinski definition) is 4. The van der Waals surface area contributed by atoms with Crippen LogP contribution in [-0.4, -0.2) is 15.3 Å². The summed E-state index contributed by atoms with van der Waals surface area (Å²) in [6.07, 6.45) is 0. The van der Waals surface area contributed by atoms with E-state index < -0.39 is 5.75 Å². The summed E-state index contributed by atoms with van der Waals surface area (Å²) in [5.41, 5.74) is 1.03. The van der Waals surface area contributed by atoms with Gasteiger partial charge in [-0.15, -0.1) is 0 Å². The van der Waals surface area contributed by atoms with Gasteiger partial charge in [0.05, 0.1) is 10.7 Å². The highest BCUT2D eigenvalue weighted by Crippen LogP contribution is 2.37. The molecule has 0 aliphatic carbocycles. The summed E-state index contributed by atoms with van der Waals surface area (Å²) in [5, 5.41) is 32.3. The third-order valence-electron chi connectivity index (χ3n) is 2.61. The predicted octanol–water partition coefficient (Wildman–Crippen LogP) is 3.72. The number of hydrogen-bond acceptors (Lipinski definition) is 4. The lowest BCUT2D eigenvalue weighted by Gasteiger charge is -2.11. The highest BCUT2D eigenvalue weighted by Gasteiger charge is 2.11. The standard InChI is InChI=1S/C13H11Cl2NO3/c14-8-2-3-9(15)10(5-8)16-6-7-1-4-11(17)13(19)12(7)18/h1-5,16-19H,6H2. The minimum Gasteiger partial charge on any atom is -0.504 e. The Kier molecular flexibility index (Phi) is 3.93. The second-order valence-corrected chi connectivity index (χ2v) is 4.76. The summed E-state index contributed by atoms with van der Waals surface area (Å²) >= 11 is 11.8. The number of rotatable bonds is 3. The highest BCUT2D eigenvalue weighted by molar-refractivity contribution is 6.35. The fourth-order valence-electron chi connectivity index (χ4n) is 1.58. The SMILES string of the molecule is Oc1ccc(CNc2cc(Cl)ccc2Cl)c(O)c1O. The Morgan fingerprint density at radius 1 is 0.947 bits per heavy atom. The van der Waals surface area contributed by atoms with Gasteiger partial charge in [-0.05, 0) is 30.3 Å². The van der Waals surface area contributed by atoms with Crippen LogP contribution in [-0.2, 0) is 6.54 Å². The molecular weight excluding hydrogens is 289 g/mol. The van der Waals surface area contributed by atoms with Crippen LogP contribution in [0, 0.1) is 0 Å². The molecule has 0 radical (unpaired) electrons. The van der Waals surface area contributed by atoms with E-state index in [1.54, 1.807) is 18.2 Å². The molecule has 0 heterocycles. The quantitative estimate of drug-likeness (QED) is 0.652. The predicted molar refractivity (Wildman–Crippen MR) is 75.2 cm³/mol. The molecule has 100 valence electrons. The molecule has 0 aliphatic heterocycles.